The van der Waals surface area contributed by atoms with E-state index < -0.39 is 12.0 Å². The Bertz CT molecular complexity index is 422. The van der Waals surface area contributed by atoms with Gasteiger partial charge < -0.3 is 20.3 Å². The van der Waals surface area contributed by atoms with E-state index in [9.17, 15) is 4.79 Å². The zero-order valence-electron chi connectivity index (χ0n) is 9.57. The van der Waals surface area contributed by atoms with Crippen molar-refractivity contribution in [2.24, 2.45) is 5.73 Å². The van der Waals surface area contributed by atoms with Gasteiger partial charge in [-0.15, -0.1) is 0 Å². The van der Waals surface area contributed by atoms with E-state index in [1.807, 2.05) is 0 Å². The fourth-order valence-corrected chi connectivity index (χ4v) is 1.86. The van der Waals surface area contributed by atoms with Gasteiger partial charge in [-0.3, -0.25) is 4.79 Å². The first kappa shape index (κ1) is 13.8. The summed E-state index contributed by atoms with van der Waals surface area (Å²) < 4.78 is 11.0. The maximum absolute atomic E-state index is 10.7. The van der Waals surface area contributed by atoms with Crippen LogP contribution in [0.5, 0.6) is 11.5 Å². The molecule has 3 N–H and O–H groups in total. The van der Waals surface area contributed by atoms with Crippen LogP contribution in [0, 0.1) is 0 Å². The van der Waals surface area contributed by atoms with Gasteiger partial charge in [0.2, 0.25) is 0 Å². The first-order valence-corrected chi connectivity index (χ1v) is 5.67. The molecule has 1 atom stereocenters. The van der Waals surface area contributed by atoms with E-state index in [2.05, 4.69) is 15.9 Å². The molecule has 0 aliphatic rings. The van der Waals surface area contributed by atoms with Crippen molar-refractivity contribution in [3.63, 3.8) is 0 Å². The second-order valence-electron chi connectivity index (χ2n) is 3.45. The number of hydrogen-bond donors (Lipinski definition) is 2. The first-order valence-electron chi connectivity index (χ1n) is 4.88. The van der Waals surface area contributed by atoms with Crippen molar-refractivity contribution >= 4 is 21.9 Å². The van der Waals surface area contributed by atoms with Crippen molar-refractivity contribution in [3.05, 3.63) is 22.2 Å². The van der Waals surface area contributed by atoms with E-state index in [0.717, 1.165) is 10.0 Å². The third-order valence-electron chi connectivity index (χ3n) is 2.31. The number of carboxylic acid groups (broad SMARTS) is 1. The van der Waals surface area contributed by atoms with Gasteiger partial charge in [0.15, 0.2) is 11.5 Å². The maximum atomic E-state index is 10.7. The number of rotatable bonds is 5. The molecular weight excluding hydrogens is 290 g/mol. The van der Waals surface area contributed by atoms with Crippen molar-refractivity contribution in [2.75, 3.05) is 14.2 Å². The second-order valence-corrected chi connectivity index (χ2v) is 4.30. The number of methoxy groups -OCH3 is 2. The Morgan fingerprint density at radius 2 is 1.94 bits per heavy atom. The van der Waals surface area contributed by atoms with Gasteiger partial charge in [0.05, 0.1) is 14.2 Å². The van der Waals surface area contributed by atoms with Gasteiger partial charge in [0.1, 0.15) is 6.04 Å². The Morgan fingerprint density at radius 1 is 1.41 bits per heavy atom. The van der Waals surface area contributed by atoms with E-state index in [1.54, 1.807) is 12.1 Å². The quantitative estimate of drug-likeness (QED) is 0.860. The fraction of sp³-hybridized carbons (Fsp3) is 0.364. The van der Waals surface area contributed by atoms with E-state index in [4.69, 9.17) is 20.3 Å². The third kappa shape index (κ3) is 3.34. The molecule has 0 heterocycles. The predicted molar refractivity (Wildman–Crippen MR) is 66.6 cm³/mol. The highest BCUT2D eigenvalue weighted by molar-refractivity contribution is 9.10. The van der Waals surface area contributed by atoms with Crippen molar-refractivity contribution in [1.29, 1.82) is 0 Å². The zero-order valence-corrected chi connectivity index (χ0v) is 11.2. The van der Waals surface area contributed by atoms with Crippen LogP contribution in [0.3, 0.4) is 0 Å². The first-order chi connectivity index (χ1) is 7.99. The van der Waals surface area contributed by atoms with E-state index in [1.165, 1.54) is 14.2 Å². The number of hydrogen-bond acceptors (Lipinski definition) is 4. The maximum Gasteiger partial charge on any atom is 0.320 e. The Kier molecular flexibility index (Phi) is 4.77. The molecule has 0 spiro atoms. The van der Waals surface area contributed by atoms with Gasteiger partial charge in [-0.2, -0.15) is 0 Å². The lowest BCUT2D eigenvalue weighted by Gasteiger charge is -2.13. The lowest BCUT2D eigenvalue weighted by Crippen LogP contribution is -2.32. The van der Waals surface area contributed by atoms with Crippen LogP contribution in [-0.4, -0.2) is 31.3 Å². The highest BCUT2D eigenvalue weighted by Gasteiger charge is 2.16. The van der Waals surface area contributed by atoms with Crippen LogP contribution in [0.2, 0.25) is 0 Å². The zero-order chi connectivity index (χ0) is 13.0. The van der Waals surface area contributed by atoms with Gasteiger partial charge in [-0.25, -0.2) is 0 Å². The monoisotopic (exact) mass is 303 g/mol. The molecule has 0 aliphatic heterocycles. The Hall–Kier alpha value is -1.27. The second kappa shape index (κ2) is 5.88. The Morgan fingerprint density at radius 3 is 2.41 bits per heavy atom. The molecule has 1 rings (SSSR count). The van der Waals surface area contributed by atoms with E-state index in [0.29, 0.717) is 11.5 Å². The summed E-state index contributed by atoms with van der Waals surface area (Å²) in [6.07, 6.45) is 0.219. The number of aliphatic carboxylic acids is 1. The summed E-state index contributed by atoms with van der Waals surface area (Å²) in [6.45, 7) is 0. The molecular formula is C11H14BrNO4. The van der Waals surface area contributed by atoms with Crippen LogP contribution in [0.15, 0.2) is 16.6 Å². The molecule has 0 saturated heterocycles. The number of ether oxygens (including phenoxy) is 2. The summed E-state index contributed by atoms with van der Waals surface area (Å²) >= 11 is 3.34. The molecule has 0 fully saturated rings. The van der Waals surface area contributed by atoms with Gasteiger partial charge >= 0.3 is 5.97 Å². The van der Waals surface area contributed by atoms with Gasteiger partial charge in [-0.05, 0) is 24.1 Å². The molecule has 1 aromatic carbocycles. The van der Waals surface area contributed by atoms with Crippen LogP contribution < -0.4 is 15.2 Å². The number of nitrogens with two attached hydrogens (primary N) is 1. The Labute approximate surface area is 108 Å². The van der Waals surface area contributed by atoms with Crippen molar-refractivity contribution in [1.82, 2.24) is 0 Å². The molecule has 94 valence electrons. The van der Waals surface area contributed by atoms with Crippen molar-refractivity contribution < 1.29 is 19.4 Å². The topological polar surface area (TPSA) is 81.8 Å². The molecule has 6 heteroatoms. The number of carbonyl (C=O) groups is 1. The molecule has 0 unspecified atom stereocenters. The summed E-state index contributed by atoms with van der Waals surface area (Å²) in [5.74, 6) is 0.0852. The highest BCUT2D eigenvalue weighted by Crippen LogP contribution is 2.33. The van der Waals surface area contributed by atoms with Crippen LogP contribution in [0.4, 0.5) is 0 Å². The minimum absolute atomic E-state index is 0.219. The summed E-state index contributed by atoms with van der Waals surface area (Å²) in [5, 5.41) is 8.77. The molecule has 5 nitrogen and oxygen atoms in total. The minimum atomic E-state index is -1.04. The van der Waals surface area contributed by atoms with E-state index in [-0.39, 0.29) is 6.42 Å². The van der Waals surface area contributed by atoms with Crippen LogP contribution in [-0.2, 0) is 11.2 Å². The third-order valence-corrected chi connectivity index (χ3v) is 3.05. The summed E-state index contributed by atoms with van der Waals surface area (Å²) in [4.78, 5) is 10.7. The summed E-state index contributed by atoms with van der Waals surface area (Å²) in [6, 6.07) is 2.50. The van der Waals surface area contributed by atoms with Gasteiger partial charge in [0, 0.05) is 4.47 Å². The molecule has 0 aromatic heterocycles. The van der Waals surface area contributed by atoms with Crippen LogP contribution in [0.1, 0.15) is 5.56 Å². The minimum Gasteiger partial charge on any atom is -0.493 e. The van der Waals surface area contributed by atoms with E-state index >= 15 is 0 Å². The number of carboxylic acids is 1. The van der Waals surface area contributed by atoms with Crippen LogP contribution >= 0.6 is 15.9 Å². The highest BCUT2D eigenvalue weighted by atomic mass is 79.9. The molecule has 0 bridgehead atoms. The SMILES string of the molecule is COc1cc(Br)c(C[C@H](N)C(=O)O)cc1OC. The molecule has 0 amide bonds. The lowest BCUT2D eigenvalue weighted by atomic mass is 10.1. The van der Waals surface area contributed by atoms with Crippen molar-refractivity contribution in [2.45, 2.75) is 12.5 Å². The lowest BCUT2D eigenvalue weighted by molar-refractivity contribution is -0.138. The van der Waals surface area contributed by atoms with Gasteiger partial charge in [0.25, 0.3) is 0 Å². The smallest absolute Gasteiger partial charge is 0.320 e. The number of halogens is 1. The molecule has 0 radical (unpaired) electrons. The summed E-state index contributed by atoms with van der Waals surface area (Å²) in [7, 11) is 3.06. The van der Waals surface area contributed by atoms with Crippen molar-refractivity contribution in [3.8, 4) is 11.5 Å². The fourth-order valence-electron chi connectivity index (χ4n) is 1.38. The average Bonchev–Trinajstić information content (AvgIpc) is 2.30. The average molecular weight is 304 g/mol. The molecule has 17 heavy (non-hydrogen) atoms. The largest absolute Gasteiger partial charge is 0.493 e. The molecule has 0 saturated carbocycles. The predicted octanol–water partition coefficient (Wildman–Crippen LogP) is 1.42. The number of benzene rings is 1. The van der Waals surface area contributed by atoms with Gasteiger partial charge in [-0.1, -0.05) is 15.9 Å². The normalized spacial score (nSPS) is 12.0. The Balaban J connectivity index is 3.04. The summed E-state index contributed by atoms with van der Waals surface area (Å²) in [5.41, 5.74) is 6.25. The molecule has 1 aromatic rings. The standard InChI is InChI=1S/C11H14BrNO4/c1-16-9-4-6(3-8(13)11(14)15)7(12)5-10(9)17-2/h4-5,8H,3,13H2,1-2H3,(H,14,15)/t8-/m0/s1. The molecule has 0 aliphatic carbocycles. The van der Waals surface area contributed by atoms with Crippen LogP contribution in [0.25, 0.3) is 0 Å².